The van der Waals surface area contributed by atoms with Crippen molar-refractivity contribution in [2.75, 3.05) is 0 Å². The predicted octanol–water partition coefficient (Wildman–Crippen LogP) is 4.88. The number of carboxylic acids is 1. The normalized spacial score (nSPS) is 12.7. The van der Waals surface area contributed by atoms with Crippen LogP contribution in [0.5, 0.6) is 0 Å². The van der Waals surface area contributed by atoms with Gasteiger partial charge in [0.1, 0.15) is 11.6 Å². The number of aliphatic carboxylic acids is 1. The standard InChI is InChI=1S/C25H28N2O4/c1-25(2,3)31-24(30)26-21(23(28)29)16-19-17-27(22-14-8-7-13-20(19)22)15-9-12-18-10-5-4-6-11-18/h4-14,17,21H,15-16H2,1-3H3,(H,26,30)(H,28,29)/b12-9+/t21-/m1/s1. The Balaban J connectivity index is 1.80. The summed E-state index contributed by atoms with van der Waals surface area (Å²) in [6.45, 7) is 5.85. The Morgan fingerprint density at radius 1 is 1.10 bits per heavy atom. The van der Waals surface area contributed by atoms with Gasteiger partial charge in [0, 0.05) is 30.1 Å². The van der Waals surface area contributed by atoms with Crippen molar-refractivity contribution in [2.24, 2.45) is 0 Å². The van der Waals surface area contributed by atoms with Crippen molar-refractivity contribution < 1.29 is 19.4 Å². The van der Waals surface area contributed by atoms with Crippen LogP contribution in [0.3, 0.4) is 0 Å². The first-order valence-electron chi connectivity index (χ1n) is 10.2. The monoisotopic (exact) mass is 420 g/mol. The first-order chi connectivity index (χ1) is 14.7. The number of nitrogens with one attached hydrogen (secondary N) is 1. The first-order valence-corrected chi connectivity index (χ1v) is 10.2. The highest BCUT2D eigenvalue weighted by Crippen LogP contribution is 2.23. The lowest BCUT2D eigenvalue weighted by atomic mass is 10.1. The van der Waals surface area contributed by atoms with E-state index in [1.165, 1.54) is 0 Å². The Hall–Kier alpha value is -3.54. The molecule has 31 heavy (non-hydrogen) atoms. The van der Waals surface area contributed by atoms with E-state index in [4.69, 9.17) is 4.74 Å². The Bertz CT molecular complexity index is 1080. The van der Waals surface area contributed by atoms with Crippen LogP contribution in [0.25, 0.3) is 17.0 Å². The van der Waals surface area contributed by atoms with Crippen LogP contribution in [-0.2, 0) is 22.5 Å². The average molecular weight is 421 g/mol. The van der Waals surface area contributed by atoms with Gasteiger partial charge in [-0.2, -0.15) is 0 Å². The van der Waals surface area contributed by atoms with Crippen molar-refractivity contribution >= 4 is 29.0 Å². The van der Waals surface area contributed by atoms with E-state index in [1.54, 1.807) is 20.8 Å². The number of fused-ring (bicyclic) bond motifs is 1. The van der Waals surface area contributed by atoms with E-state index in [-0.39, 0.29) is 6.42 Å². The fraction of sp³-hybridized carbons (Fsp3) is 0.280. The molecule has 1 heterocycles. The van der Waals surface area contributed by atoms with Crippen LogP contribution in [0.4, 0.5) is 4.79 Å². The maximum Gasteiger partial charge on any atom is 0.408 e. The van der Waals surface area contributed by atoms with E-state index >= 15 is 0 Å². The quantitative estimate of drug-likeness (QED) is 0.571. The maximum atomic E-state index is 12.1. The highest BCUT2D eigenvalue weighted by molar-refractivity contribution is 5.86. The van der Waals surface area contributed by atoms with Gasteiger partial charge in [0.15, 0.2) is 0 Å². The van der Waals surface area contributed by atoms with Crippen LogP contribution in [-0.4, -0.2) is 33.4 Å². The first kappa shape index (κ1) is 22.2. The molecule has 1 amide bonds. The number of allylic oxidation sites excluding steroid dienone is 1. The lowest BCUT2D eigenvalue weighted by Gasteiger charge is -2.22. The van der Waals surface area contributed by atoms with Gasteiger partial charge in [-0.25, -0.2) is 9.59 Å². The number of amides is 1. The number of aromatic nitrogens is 1. The number of ether oxygens (including phenoxy) is 1. The molecule has 0 fully saturated rings. The highest BCUT2D eigenvalue weighted by atomic mass is 16.6. The summed E-state index contributed by atoms with van der Waals surface area (Å²) in [5.41, 5.74) is 2.28. The van der Waals surface area contributed by atoms with E-state index in [0.717, 1.165) is 22.0 Å². The topological polar surface area (TPSA) is 80.6 Å². The molecule has 0 bridgehead atoms. The fourth-order valence-electron chi connectivity index (χ4n) is 3.37. The molecule has 0 radical (unpaired) electrons. The number of carbonyl (C=O) groups excluding carboxylic acids is 1. The predicted molar refractivity (Wildman–Crippen MR) is 122 cm³/mol. The number of hydrogen-bond donors (Lipinski definition) is 2. The number of benzene rings is 2. The lowest BCUT2D eigenvalue weighted by Crippen LogP contribution is -2.44. The second kappa shape index (κ2) is 9.51. The molecule has 1 atom stereocenters. The van der Waals surface area contributed by atoms with E-state index in [0.29, 0.717) is 6.54 Å². The average Bonchev–Trinajstić information content (AvgIpc) is 3.04. The summed E-state index contributed by atoms with van der Waals surface area (Å²) in [4.78, 5) is 23.9. The van der Waals surface area contributed by atoms with Gasteiger partial charge in [-0.15, -0.1) is 0 Å². The molecule has 0 saturated carbocycles. The molecule has 3 aromatic rings. The zero-order chi connectivity index (χ0) is 22.4. The zero-order valence-electron chi connectivity index (χ0n) is 18.0. The van der Waals surface area contributed by atoms with Gasteiger partial charge in [0.2, 0.25) is 0 Å². The molecule has 2 aromatic carbocycles. The number of nitrogens with zero attached hydrogens (tertiary/aromatic N) is 1. The third kappa shape index (κ3) is 6.22. The Labute approximate surface area is 182 Å². The third-order valence-electron chi connectivity index (χ3n) is 4.70. The van der Waals surface area contributed by atoms with Crippen LogP contribution in [0.15, 0.2) is 66.9 Å². The van der Waals surface area contributed by atoms with Gasteiger partial charge in [0.05, 0.1) is 0 Å². The molecule has 162 valence electrons. The molecule has 3 rings (SSSR count). The van der Waals surface area contributed by atoms with Crippen molar-refractivity contribution in [1.82, 2.24) is 9.88 Å². The van der Waals surface area contributed by atoms with E-state index < -0.39 is 23.7 Å². The zero-order valence-corrected chi connectivity index (χ0v) is 18.0. The van der Waals surface area contributed by atoms with Gasteiger partial charge in [-0.3, -0.25) is 0 Å². The van der Waals surface area contributed by atoms with Gasteiger partial charge in [-0.05, 0) is 38.0 Å². The minimum atomic E-state index is -1.10. The second-order valence-electron chi connectivity index (χ2n) is 8.38. The number of carbonyl (C=O) groups is 2. The number of para-hydroxylation sites is 1. The van der Waals surface area contributed by atoms with Crippen LogP contribution in [0.2, 0.25) is 0 Å². The van der Waals surface area contributed by atoms with E-state index in [2.05, 4.69) is 22.0 Å². The van der Waals surface area contributed by atoms with Gasteiger partial charge in [-0.1, -0.05) is 60.7 Å². The molecule has 0 spiro atoms. The SMILES string of the molecule is CC(C)(C)OC(=O)N[C@H](Cc1cn(C/C=C/c2ccccc2)c2ccccc12)C(=O)O. The van der Waals surface area contributed by atoms with Crippen molar-refractivity contribution in [3.05, 3.63) is 78.0 Å². The number of alkyl carbamates (subject to hydrolysis) is 1. The van der Waals surface area contributed by atoms with Crippen LogP contribution in [0.1, 0.15) is 31.9 Å². The number of rotatable bonds is 7. The van der Waals surface area contributed by atoms with Crippen molar-refractivity contribution in [2.45, 2.75) is 45.4 Å². The maximum absolute atomic E-state index is 12.1. The largest absolute Gasteiger partial charge is 0.480 e. The summed E-state index contributed by atoms with van der Waals surface area (Å²) in [6, 6.07) is 16.8. The van der Waals surface area contributed by atoms with E-state index in [1.807, 2.05) is 60.8 Å². The van der Waals surface area contributed by atoms with Crippen molar-refractivity contribution in [3.8, 4) is 0 Å². The third-order valence-corrected chi connectivity index (χ3v) is 4.70. The fourth-order valence-corrected chi connectivity index (χ4v) is 3.37. The number of carboxylic acid groups (broad SMARTS) is 1. The van der Waals surface area contributed by atoms with Crippen LogP contribution in [0, 0.1) is 0 Å². The smallest absolute Gasteiger partial charge is 0.408 e. The molecule has 1 aromatic heterocycles. The van der Waals surface area contributed by atoms with Crippen molar-refractivity contribution in [1.29, 1.82) is 0 Å². The van der Waals surface area contributed by atoms with Gasteiger partial charge in [0.25, 0.3) is 0 Å². The van der Waals surface area contributed by atoms with E-state index in [9.17, 15) is 14.7 Å². The molecule has 6 heteroatoms. The summed E-state index contributed by atoms with van der Waals surface area (Å²) >= 11 is 0. The lowest BCUT2D eigenvalue weighted by molar-refractivity contribution is -0.139. The summed E-state index contributed by atoms with van der Waals surface area (Å²) < 4.78 is 7.30. The summed E-state index contributed by atoms with van der Waals surface area (Å²) in [7, 11) is 0. The summed E-state index contributed by atoms with van der Waals surface area (Å²) in [6.07, 6.45) is 5.49. The minimum absolute atomic E-state index is 0.157. The van der Waals surface area contributed by atoms with Gasteiger partial charge >= 0.3 is 12.1 Å². The molecule has 0 saturated heterocycles. The second-order valence-corrected chi connectivity index (χ2v) is 8.38. The Kier molecular flexibility index (Phi) is 6.80. The minimum Gasteiger partial charge on any atom is -0.480 e. The molecular formula is C25H28N2O4. The summed E-state index contributed by atoms with van der Waals surface area (Å²) in [5.74, 6) is -1.10. The molecular weight excluding hydrogens is 392 g/mol. The van der Waals surface area contributed by atoms with Crippen LogP contribution < -0.4 is 5.32 Å². The molecule has 6 nitrogen and oxygen atoms in total. The number of hydrogen-bond acceptors (Lipinski definition) is 3. The Morgan fingerprint density at radius 3 is 2.45 bits per heavy atom. The molecule has 2 N–H and O–H groups in total. The molecule has 0 aliphatic rings. The summed E-state index contributed by atoms with van der Waals surface area (Å²) in [5, 5.41) is 13.1. The van der Waals surface area contributed by atoms with Gasteiger partial charge < -0.3 is 19.7 Å². The Morgan fingerprint density at radius 2 is 1.77 bits per heavy atom. The molecule has 0 aliphatic carbocycles. The molecule has 0 aliphatic heterocycles. The highest BCUT2D eigenvalue weighted by Gasteiger charge is 2.25. The molecule has 0 unspecified atom stereocenters. The van der Waals surface area contributed by atoms with Crippen molar-refractivity contribution in [3.63, 3.8) is 0 Å². The van der Waals surface area contributed by atoms with Crippen LogP contribution >= 0.6 is 0 Å².